The molecule has 0 aliphatic carbocycles. The largest absolute Gasteiger partial charge is 0.507 e. The van der Waals surface area contributed by atoms with Crippen LogP contribution < -0.4 is 5.32 Å². The van der Waals surface area contributed by atoms with Crippen molar-refractivity contribution in [2.45, 2.75) is 13.8 Å². The van der Waals surface area contributed by atoms with Crippen molar-refractivity contribution in [2.24, 2.45) is 0 Å². The summed E-state index contributed by atoms with van der Waals surface area (Å²) >= 11 is 0. The molecule has 3 rings (SSSR count). The molecule has 24 heavy (non-hydrogen) atoms. The highest BCUT2D eigenvalue weighted by atomic mass is 19.1. The van der Waals surface area contributed by atoms with Gasteiger partial charge in [-0.15, -0.1) is 0 Å². The molecule has 1 heterocycles. The number of halogens is 1. The van der Waals surface area contributed by atoms with Crippen molar-refractivity contribution >= 4 is 11.6 Å². The third-order valence-electron chi connectivity index (χ3n) is 3.81. The van der Waals surface area contributed by atoms with E-state index in [1.165, 1.54) is 24.3 Å². The fourth-order valence-corrected chi connectivity index (χ4v) is 2.31. The molecule has 2 aromatic carbocycles. The number of aromatic amines is 1. The predicted molar refractivity (Wildman–Crippen MR) is 89.5 cm³/mol. The molecule has 3 N–H and O–H groups in total. The van der Waals surface area contributed by atoms with E-state index in [2.05, 4.69) is 15.5 Å². The number of rotatable bonds is 3. The van der Waals surface area contributed by atoms with E-state index in [9.17, 15) is 14.3 Å². The quantitative estimate of drug-likeness (QED) is 0.685. The summed E-state index contributed by atoms with van der Waals surface area (Å²) in [5.41, 5.74) is 3.73. The first kappa shape index (κ1) is 15.7. The molecule has 0 bridgehead atoms. The van der Waals surface area contributed by atoms with E-state index in [4.69, 9.17) is 0 Å². The van der Waals surface area contributed by atoms with Gasteiger partial charge >= 0.3 is 0 Å². The highest BCUT2D eigenvalue weighted by molar-refractivity contribution is 6.03. The zero-order valence-electron chi connectivity index (χ0n) is 13.2. The van der Waals surface area contributed by atoms with Gasteiger partial charge in [0.1, 0.15) is 17.3 Å². The van der Waals surface area contributed by atoms with Gasteiger partial charge in [0.05, 0.1) is 5.69 Å². The van der Waals surface area contributed by atoms with Crippen LogP contribution in [0.5, 0.6) is 5.75 Å². The second-order valence-electron chi connectivity index (χ2n) is 5.58. The number of anilines is 1. The molecular weight excluding hydrogens is 309 g/mol. The van der Waals surface area contributed by atoms with Gasteiger partial charge in [0.2, 0.25) is 0 Å². The van der Waals surface area contributed by atoms with Crippen molar-refractivity contribution in [2.75, 3.05) is 5.32 Å². The molecule has 0 aliphatic heterocycles. The maximum absolute atomic E-state index is 12.9. The molecule has 0 radical (unpaired) electrons. The molecular formula is C18H16FN3O2. The first-order valence-electron chi connectivity index (χ1n) is 7.37. The van der Waals surface area contributed by atoms with Crippen LogP contribution in [-0.4, -0.2) is 21.2 Å². The number of phenols is 1. The van der Waals surface area contributed by atoms with Gasteiger partial charge in [-0.2, -0.15) is 5.10 Å². The Kier molecular flexibility index (Phi) is 4.04. The van der Waals surface area contributed by atoms with Crippen LogP contribution in [0.2, 0.25) is 0 Å². The number of H-pyrrole nitrogens is 1. The molecule has 122 valence electrons. The lowest BCUT2D eigenvalue weighted by atomic mass is 10.0. The molecule has 0 atom stereocenters. The van der Waals surface area contributed by atoms with E-state index in [0.717, 1.165) is 11.1 Å². The molecule has 5 nitrogen and oxygen atoms in total. The van der Waals surface area contributed by atoms with Crippen LogP contribution in [0.4, 0.5) is 10.1 Å². The Balaban J connectivity index is 1.84. The topological polar surface area (TPSA) is 78.0 Å². The number of carbonyl (C=O) groups excluding carboxylic acids is 1. The molecule has 0 spiro atoms. The van der Waals surface area contributed by atoms with E-state index >= 15 is 0 Å². The van der Waals surface area contributed by atoms with Crippen LogP contribution >= 0.6 is 0 Å². The van der Waals surface area contributed by atoms with E-state index < -0.39 is 5.91 Å². The minimum atomic E-state index is -0.399. The smallest absolute Gasteiger partial charge is 0.273 e. The third-order valence-corrected chi connectivity index (χ3v) is 3.81. The minimum Gasteiger partial charge on any atom is -0.507 e. The van der Waals surface area contributed by atoms with Gasteiger partial charge in [0.25, 0.3) is 5.91 Å². The van der Waals surface area contributed by atoms with Crippen LogP contribution in [0.3, 0.4) is 0 Å². The van der Waals surface area contributed by atoms with E-state index in [1.807, 2.05) is 19.9 Å². The summed E-state index contributed by atoms with van der Waals surface area (Å²) in [6.07, 6.45) is 0. The van der Waals surface area contributed by atoms with Crippen molar-refractivity contribution in [3.8, 4) is 17.0 Å². The lowest BCUT2D eigenvalue weighted by Gasteiger charge is -2.05. The number of nitrogens with one attached hydrogen (secondary N) is 2. The Morgan fingerprint density at radius 2 is 1.79 bits per heavy atom. The first-order valence-corrected chi connectivity index (χ1v) is 7.37. The molecule has 0 aliphatic rings. The standard InChI is InChI=1S/C18H16FN3O2/c1-10-7-14(17(23)8-11(10)2)15-9-16(22-21-15)18(24)20-13-5-3-12(19)4-6-13/h3-9,23H,1-2H3,(H,20,24)(H,21,22). The SMILES string of the molecule is Cc1cc(O)c(-c2cc(C(=O)Nc3ccc(F)cc3)[nH]n2)cc1C. The van der Waals surface area contributed by atoms with Crippen LogP contribution in [0, 0.1) is 19.7 Å². The fourth-order valence-electron chi connectivity index (χ4n) is 2.31. The molecule has 0 saturated carbocycles. The Morgan fingerprint density at radius 3 is 2.50 bits per heavy atom. The van der Waals surface area contributed by atoms with Gasteiger partial charge in [-0.05, 0) is 67.4 Å². The first-order chi connectivity index (χ1) is 11.4. The summed E-state index contributed by atoms with van der Waals surface area (Å²) in [5, 5.41) is 19.5. The van der Waals surface area contributed by atoms with Gasteiger partial charge < -0.3 is 10.4 Å². The lowest BCUT2D eigenvalue weighted by Crippen LogP contribution is -2.12. The van der Waals surface area contributed by atoms with Gasteiger partial charge in [-0.1, -0.05) is 0 Å². The monoisotopic (exact) mass is 325 g/mol. The Morgan fingerprint density at radius 1 is 1.12 bits per heavy atom. The number of aromatic nitrogens is 2. The van der Waals surface area contributed by atoms with Crippen LogP contribution in [0.25, 0.3) is 11.3 Å². The molecule has 6 heteroatoms. The zero-order chi connectivity index (χ0) is 17.3. The van der Waals surface area contributed by atoms with Crippen LogP contribution in [0.15, 0.2) is 42.5 Å². The lowest BCUT2D eigenvalue weighted by molar-refractivity contribution is 0.102. The van der Waals surface area contributed by atoms with Crippen LogP contribution in [-0.2, 0) is 0 Å². The third kappa shape index (κ3) is 3.12. The molecule has 0 saturated heterocycles. The summed E-state index contributed by atoms with van der Waals surface area (Å²) in [5.74, 6) is -0.666. The fraction of sp³-hybridized carbons (Fsp3) is 0.111. The maximum atomic E-state index is 12.9. The second kappa shape index (κ2) is 6.16. The van der Waals surface area contributed by atoms with E-state index in [1.54, 1.807) is 12.1 Å². The van der Waals surface area contributed by atoms with Crippen LogP contribution in [0.1, 0.15) is 21.6 Å². The highest BCUT2D eigenvalue weighted by Crippen LogP contribution is 2.30. The summed E-state index contributed by atoms with van der Waals surface area (Å²) in [7, 11) is 0. The average Bonchev–Trinajstić information content (AvgIpc) is 3.03. The molecule has 0 fully saturated rings. The van der Waals surface area contributed by atoms with E-state index in [-0.39, 0.29) is 17.3 Å². The molecule has 1 aromatic heterocycles. The van der Waals surface area contributed by atoms with Crippen molar-refractivity contribution in [3.63, 3.8) is 0 Å². The molecule has 1 amide bonds. The van der Waals surface area contributed by atoms with E-state index in [0.29, 0.717) is 16.9 Å². The van der Waals surface area contributed by atoms with Crippen molar-refractivity contribution < 1.29 is 14.3 Å². The normalized spacial score (nSPS) is 10.6. The molecule has 3 aromatic rings. The Labute approximate surface area is 138 Å². The molecule has 0 unspecified atom stereocenters. The average molecular weight is 325 g/mol. The number of aryl methyl sites for hydroxylation is 2. The number of hydrogen-bond donors (Lipinski definition) is 3. The van der Waals surface area contributed by atoms with Crippen molar-refractivity contribution in [1.29, 1.82) is 0 Å². The summed E-state index contributed by atoms with van der Waals surface area (Å²) in [4.78, 5) is 12.2. The van der Waals surface area contributed by atoms with Gasteiger partial charge in [0.15, 0.2) is 0 Å². The summed E-state index contributed by atoms with van der Waals surface area (Å²) in [6.45, 7) is 3.85. The second-order valence-corrected chi connectivity index (χ2v) is 5.58. The number of carbonyl (C=O) groups is 1. The number of benzene rings is 2. The maximum Gasteiger partial charge on any atom is 0.273 e. The predicted octanol–water partition coefficient (Wildman–Crippen LogP) is 3.79. The minimum absolute atomic E-state index is 0.107. The number of nitrogens with zero attached hydrogens (tertiary/aromatic N) is 1. The Hall–Kier alpha value is -3.15. The van der Waals surface area contributed by atoms with Crippen molar-refractivity contribution in [3.05, 3.63) is 65.1 Å². The number of hydrogen-bond acceptors (Lipinski definition) is 3. The van der Waals surface area contributed by atoms with Crippen molar-refractivity contribution in [1.82, 2.24) is 10.2 Å². The Bertz CT molecular complexity index is 901. The zero-order valence-corrected chi connectivity index (χ0v) is 13.2. The number of amides is 1. The van der Waals surface area contributed by atoms with Gasteiger partial charge in [-0.25, -0.2) is 4.39 Å². The number of phenolic OH excluding ortho intramolecular Hbond substituents is 1. The summed E-state index contributed by atoms with van der Waals surface area (Å²) in [6, 6.07) is 10.5. The highest BCUT2D eigenvalue weighted by Gasteiger charge is 2.14. The summed E-state index contributed by atoms with van der Waals surface area (Å²) < 4.78 is 12.9. The number of aromatic hydroxyl groups is 1. The van der Waals surface area contributed by atoms with Gasteiger partial charge in [-0.3, -0.25) is 9.89 Å². The van der Waals surface area contributed by atoms with Gasteiger partial charge in [0, 0.05) is 11.3 Å².